The van der Waals surface area contributed by atoms with Crippen LogP contribution in [-0.4, -0.2) is 26.2 Å². The predicted molar refractivity (Wildman–Crippen MR) is 84.5 cm³/mol. The molecular weight excluding hydrogens is 282 g/mol. The monoisotopic (exact) mass is 297 g/mol. The van der Waals surface area contributed by atoms with Gasteiger partial charge in [-0.05, 0) is 24.3 Å². The molecule has 1 heterocycles. The van der Waals surface area contributed by atoms with Crippen molar-refractivity contribution >= 4 is 28.7 Å². The van der Waals surface area contributed by atoms with Crippen LogP contribution < -0.4 is 0 Å². The van der Waals surface area contributed by atoms with Crippen molar-refractivity contribution < 1.29 is 4.79 Å². The van der Waals surface area contributed by atoms with Gasteiger partial charge in [0, 0.05) is 16.6 Å². The first kappa shape index (κ1) is 13.8. The first-order valence-corrected chi connectivity index (χ1v) is 7.67. The van der Waals surface area contributed by atoms with Crippen LogP contribution in [-0.2, 0) is 0 Å². The van der Waals surface area contributed by atoms with Crippen molar-refractivity contribution in [3.8, 4) is 0 Å². The van der Waals surface area contributed by atoms with Gasteiger partial charge in [0.15, 0.2) is 0 Å². The molecule has 0 aliphatic heterocycles. The average molecular weight is 297 g/mol. The smallest absolute Gasteiger partial charge is 0.249 e. The van der Waals surface area contributed by atoms with Gasteiger partial charge < -0.3 is 0 Å². The van der Waals surface area contributed by atoms with Crippen LogP contribution in [0.15, 0.2) is 59.5 Å². The highest BCUT2D eigenvalue weighted by atomic mass is 32.2. The molecule has 0 fully saturated rings. The molecule has 3 aromatic rings. The number of hydrogen-bond acceptors (Lipinski definition) is 4. The van der Waals surface area contributed by atoms with Crippen molar-refractivity contribution in [1.29, 1.82) is 0 Å². The van der Waals surface area contributed by atoms with Crippen molar-refractivity contribution in [3.63, 3.8) is 0 Å². The van der Waals surface area contributed by atoms with Crippen molar-refractivity contribution in [1.82, 2.24) is 15.0 Å². The Hall–Kier alpha value is -2.14. The van der Waals surface area contributed by atoms with Gasteiger partial charge in [0.05, 0.1) is 5.52 Å². The molecule has 0 aliphatic carbocycles. The lowest BCUT2D eigenvalue weighted by Crippen LogP contribution is -2.16. The summed E-state index contributed by atoms with van der Waals surface area (Å²) < 4.78 is 1.40. The summed E-state index contributed by atoms with van der Waals surface area (Å²) in [6, 6.07) is 17.6. The zero-order valence-electron chi connectivity index (χ0n) is 11.6. The Morgan fingerprint density at radius 1 is 1.14 bits per heavy atom. The van der Waals surface area contributed by atoms with Crippen LogP contribution in [0.5, 0.6) is 0 Å². The molecule has 1 aromatic heterocycles. The lowest BCUT2D eigenvalue weighted by molar-refractivity contribution is 0.0891. The minimum Gasteiger partial charge on any atom is -0.272 e. The molecule has 0 saturated heterocycles. The second-order valence-corrected chi connectivity index (χ2v) is 6.34. The van der Waals surface area contributed by atoms with Gasteiger partial charge in [-0.3, -0.25) is 4.79 Å². The minimum absolute atomic E-state index is 0.0281. The van der Waals surface area contributed by atoms with Gasteiger partial charge in [0.2, 0.25) is 5.91 Å². The van der Waals surface area contributed by atoms with E-state index in [9.17, 15) is 4.79 Å². The second kappa shape index (κ2) is 6.10. The third kappa shape index (κ3) is 3.13. The topological polar surface area (TPSA) is 47.8 Å². The number of carbonyl (C=O) groups is 1. The maximum absolute atomic E-state index is 12.4. The van der Waals surface area contributed by atoms with E-state index in [0.717, 1.165) is 11.0 Å². The molecule has 0 N–H and O–H groups in total. The van der Waals surface area contributed by atoms with E-state index in [-0.39, 0.29) is 11.2 Å². The summed E-state index contributed by atoms with van der Waals surface area (Å²) in [6.45, 7) is 2.05. The van der Waals surface area contributed by atoms with Crippen LogP contribution in [0.4, 0.5) is 0 Å². The summed E-state index contributed by atoms with van der Waals surface area (Å²) in [5.74, 6) is -0.0281. The molecule has 0 radical (unpaired) electrons. The number of benzene rings is 2. The van der Waals surface area contributed by atoms with Crippen molar-refractivity contribution in [3.05, 3.63) is 54.6 Å². The Kier molecular flexibility index (Phi) is 4.01. The van der Waals surface area contributed by atoms with Gasteiger partial charge in [-0.1, -0.05) is 42.5 Å². The maximum Gasteiger partial charge on any atom is 0.249 e. The third-order valence-corrected chi connectivity index (χ3v) is 4.24. The summed E-state index contributed by atoms with van der Waals surface area (Å²) in [4.78, 5) is 13.5. The normalized spacial score (nSPS) is 12.4. The third-order valence-electron chi connectivity index (χ3n) is 3.13. The molecule has 1 atom stereocenters. The van der Waals surface area contributed by atoms with E-state index in [1.54, 1.807) is 11.8 Å². The standard InChI is InChI=1S/C16H15N3OS/c1-12(21-13-7-3-2-4-8-13)11-16(20)19-15-10-6-5-9-14(15)17-18-19/h2-10,12H,11H2,1H3. The largest absolute Gasteiger partial charge is 0.272 e. The van der Waals surface area contributed by atoms with Gasteiger partial charge in [-0.15, -0.1) is 16.9 Å². The summed E-state index contributed by atoms with van der Waals surface area (Å²) in [7, 11) is 0. The Bertz CT molecular complexity index is 754. The van der Waals surface area contributed by atoms with Crippen molar-refractivity contribution in [2.24, 2.45) is 0 Å². The molecule has 4 nitrogen and oxygen atoms in total. The number of carbonyl (C=O) groups excluding carboxylic acids is 1. The summed E-state index contributed by atoms with van der Waals surface area (Å²) in [6.07, 6.45) is 0.424. The first-order chi connectivity index (χ1) is 10.2. The van der Waals surface area contributed by atoms with E-state index in [0.29, 0.717) is 6.42 Å². The zero-order chi connectivity index (χ0) is 14.7. The molecule has 0 spiro atoms. The van der Waals surface area contributed by atoms with Crippen LogP contribution in [0.2, 0.25) is 0 Å². The van der Waals surface area contributed by atoms with E-state index in [1.165, 1.54) is 9.58 Å². The lowest BCUT2D eigenvalue weighted by atomic mass is 10.3. The van der Waals surface area contributed by atoms with Crippen molar-refractivity contribution in [2.75, 3.05) is 0 Å². The van der Waals surface area contributed by atoms with Crippen LogP contribution in [0.3, 0.4) is 0 Å². The molecule has 0 amide bonds. The molecule has 0 aliphatic rings. The predicted octanol–water partition coefficient (Wildman–Crippen LogP) is 3.64. The fourth-order valence-electron chi connectivity index (χ4n) is 2.16. The highest BCUT2D eigenvalue weighted by Crippen LogP contribution is 2.25. The van der Waals surface area contributed by atoms with Gasteiger partial charge in [0.25, 0.3) is 0 Å². The Morgan fingerprint density at radius 3 is 2.67 bits per heavy atom. The van der Waals surface area contributed by atoms with E-state index in [4.69, 9.17) is 0 Å². The fraction of sp³-hybridized carbons (Fsp3) is 0.188. The van der Waals surface area contributed by atoms with Gasteiger partial charge in [-0.2, -0.15) is 4.68 Å². The fourth-order valence-corrected chi connectivity index (χ4v) is 3.16. The first-order valence-electron chi connectivity index (χ1n) is 6.79. The Labute approximate surface area is 127 Å². The van der Waals surface area contributed by atoms with E-state index >= 15 is 0 Å². The Morgan fingerprint density at radius 2 is 1.86 bits per heavy atom. The van der Waals surface area contributed by atoms with Crippen LogP contribution in [0, 0.1) is 0 Å². The van der Waals surface area contributed by atoms with Gasteiger partial charge >= 0.3 is 0 Å². The van der Waals surface area contributed by atoms with E-state index in [1.807, 2.05) is 42.5 Å². The molecule has 21 heavy (non-hydrogen) atoms. The van der Waals surface area contributed by atoms with Crippen LogP contribution in [0.25, 0.3) is 11.0 Å². The quantitative estimate of drug-likeness (QED) is 0.690. The molecule has 0 bridgehead atoms. The second-order valence-electron chi connectivity index (χ2n) is 4.83. The number of para-hydroxylation sites is 1. The molecule has 1 unspecified atom stereocenters. The lowest BCUT2D eigenvalue weighted by Gasteiger charge is -2.10. The minimum atomic E-state index is -0.0281. The average Bonchev–Trinajstić information content (AvgIpc) is 2.92. The molecule has 3 rings (SSSR count). The molecule has 0 saturated carbocycles. The number of rotatable bonds is 4. The van der Waals surface area contributed by atoms with Crippen molar-refractivity contribution in [2.45, 2.75) is 23.5 Å². The van der Waals surface area contributed by atoms with Crippen LogP contribution >= 0.6 is 11.8 Å². The molecular formula is C16H15N3OS. The number of thioether (sulfide) groups is 1. The highest BCUT2D eigenvalue weighted by molar-refractivity contribution is 8.00. The van der Waals surface area contributed by atoms with Gasteiger partial charge in [-0.25, -0.2) is 0 Å². The van der Waals surface area contributed by atoms with Gasteiger partial charge in [0.1, 0.15) is 5.52 Å². The number of aromatic nitrogens is 3. The highest BCUT2D eigenvalue weighted by Gasteiger charge is 2.15. The summed E-state index contributed by atoms with van der Waals surface area (Å²) >= 11 is 1.69. The molecule has 2 aromatic carbocycles. The van der Waals surface area contributed by atoms with Crippen LogP contribution in [0.1, 0.15) is 18.1 Å². The zero-order valence-corrected chi connectivity index (χ0v) is 12.5. The SMILES string of the molecule is CC(CC(=O)n1nnc2ccccc21)Sc1ccccc1. The van der Waals surface area contributed by atoms with E-state index < -0.39 is 0 Å². The number of hydrogen-bond donors (Lipinski definition) is 0. The summed E-state index contributed by atoms with van der Waals surface area (Å²) in [5.41, 5.74) is 1.51. The molecule has 106 valence electrons. The Balaban J connectivity index is 1.71. The van der Waals surface area contributed by atoms with E-state index in [2.05, 4.69) is 29.4 Å². The summed E-state index contributed by atoms with van der Waals surface area (Å²) in [5, 5.41) is 8.16. The maximum atomic E-state index is 12.4. The number of nitrogens with zero attached hydrogens (tertiary/aromatic N) is 3. The molecule has 5 heteroatoms. The number of fused-ring (bicyclic) bond motifs is 1.